The van der Waals surface area contributed by atoms with Crippen molar-refractivity contribution in [2.24, 2.45) is 4.99 Å². The number of amidine groups is 1. The van der Waals surface area contributed by atoms with Gasteiger partial charge in [0.15, 0.2) is 10.9 Å². The second-order valence-corrected chi connectivity index (χ2v) is 5.64. The van der Waals surface area contributed by atoms with Crippen LogP contribution in [0.3, 0.4) is 0 Å². The summed E-state index contributed by atoms with van der Waals surface area (Å²) in [5.74, 6) is 0.806. The van der Waals surface area contributed by atoms with Crippen LogP contribution in [0.2, 0.25) is 0 Å². The number of aliphatic imine (C=N–C) groups is 1. The van der Waals surface area contributed by atoms with Crippen molar-refractivity contribution in [2.75, 3.05) is 19.8 Å². The fourth-order valence-electron chi connectivity index (χ4n) is 2.11. The average molecular weight is 303 g/mol. The topological polar surface area (TPSA) is 41.6 Å². The lowest BCUT2D eigenvalue weighted by Gasteiger charge is -2.17. The zero-order valence-electron chi connectivity index (χ0n) is 13.0. The van der Waals surface area contributed by atoms with Crippen LogP contribution in [0.15, 0.2) is 39.8 Å². The normalized spacial score (nSPS) is 11.7. The van der Waals surface area contributed by atoms with Gasteiger partial charge < -0.3 is 9.42 Å². The smallest absolute Gasteiger partial charge is 0.167 e. The Labute approximate surface area is 130 Å². The van der Waals surface area contributed by atoms with Gasteiger partial charge in [-0.1, -0.05) is 40.7 Å². The Morgan fingerprint density at radius 1 is 1.38 bits per heavy atom. The summed E-state index contributed by atoms with van der Waals surface area (Å²) in [5, 5.41) is 5.17. The zero-order chi connectivity index (χ0) is 15.2. The molecule has 21 heavy (non-hydrogen) atoms. The first-order chi connectivity index (χ1) is 10.1. The summed E-state index contributed by atoms with van der Waals surface area (Å²) in [7, 11) is 2.02. The van der Waals surface area contributed by atoms with Crippen LogP contribution < -0.4 is 0 Å². The first-order valence-corrected chi connectivity index (χ1v) is 8.18. The predicted octanol–water partition coefficient (Wildman–Crippen LogP) is 3.82. The van der Waals surface area contributed by atoms with Crippen molar-refractivity contribution < 1.29 is 4.52 Å². The highest BCUT2D eigenvalue weighted by molar-refractivity contribution is 8.13. The zero-order valence-corrected chi connectivity index (χ0v) is 13.8. The summed E-state index contributed by atoms with van der Waals surface area (Å²) in [6, 6.07) is 10.2. The van der Waals surface area contributed by atoms with Crippen LogP contribution in [0.4, 0.5) is 0 Å². The second kappa shape index (κ2) is 7.31. The lowest BCUT2D eigenvalue weighted by atomic mass is 10.1. The lowest BCUT2D eigenvalue weighted by Crippen LogP contribution is -2.23. The number of benzene rings is 1. The summed E-state index contributed by atoms with van der Waals surface area (Å²) in [6.07, 6.45) is 2.03. The molecule has 1 aromatic heterocycles. The fraction of sp³-hybridized carbons (Fsp3) is 0.375. The Morgan fingerprint density at radius 2 is 2.19 bits per heavy atom. The van der Waals surface area contributed by atoms with E-state index in [-0.39, 0.29) is 0 Å². The van der Waals surface area contributed by atoms with Crippen molar-refractivity contribution in [1.29, 1.82) is 0 Å². The van der Waals surface area contributed by atoms with Crippen LogP contribution in [0, 0.1) is 6.92 Å². The molecule has 0 aliphatic rings. The molecule has 1 heterocycles. The molecule has 0 atom stereocenters. The summed E-state index contributed by atoms with van der Waals surface area (Å²) in [5.41, 5.74) is 3.18. The minimum atomic E-state index is 0.689. The number of aryl methyl sites for hydroxylation is 1. The third-order valence-corrected chi connectivity index (χ3v) is 3.87. The van der Waals surface area contributed by atoms with Gasteiger partial charge in [0.2, 0.25) is 0 Å². The van der Waals surface area contributed by atoms with Crippen LogP contribution in [0.5, 0.6) is 0 Å². The van der Waals surface area contributed by atoms with E-state index < -0.39 is 0 Å². The average Bonchev–Trinajstić information content (AvgIpc) is 2.93. The number of aromatic nitrogens is 1. The predicted molar refractivity (Wildman–Crippen MR) is 89.6 cm³/mol. The highest BCUT2D eigenvalue weighted by atomic mass is 32.2. The number of nitrogens with zero attached hydrogens (tertiary/aromatic N) is 3. The minimum Gasteiger partial charge on any atom is -0.356 e. The van der Waals surface area contributed by atoms with Gasteiger partial charge in [0, 0.05) is 25.2 Å². The molecule has 0 N–H and O–H groups in total. The summed E-state index contributed by atoms with van der Waals surface area (Å²) in [4.78, 5) is 6.55. The first-order valence-electron chi connectivity index (χ1n) is 6.96. The largest absolute Gasteiger partial charge is 0.356 e. The molecule has 2 rings (SSSR count). The number of rotatable bonds is 4. The quantitative estimate of drug-likeness (QED) is 0.636. The maximum Gasteiger partial charge on any atom is 0.167 e. The van der Waals surface area contributed by atoms with E-state index in [9.17, 15) is 0 Å². The summed E-state index contributed by atoms with van der Waals surface area (Å²) >= 11 is 1.64. The number of hydrogen-bond acceptors (Lipinski definition) is 4. The molecule has 112 valence electrons. The highest BCUT2D eigenvalue weighted by Crippen LogP contribution is 2.22. The van der Waals surface area contributed by atoms with Crippen molar-refractivity contribution in [1.82, 2.24) is 10.1 Å². The van der Waals surface area contributed by atoms with Gasteiger partial charge in [-0.3, -0.25) is 4.99 Å². The van der Waals surface area contributed by atoms with Gasteiger partial charge in [0.1, 0.15) is 5.69 Å². The van der Waals surface area contributed by atoms with Crippen molar-refractivity contribution in [2.45, 2.75) is 20.4 Å². The maximum absolute atomic E-state index is 5.46. The van der Waals surface area contributed by atoms with Gasteiger partial charge in [-0.15, -0.1) is 0 Å². The SMILES string of the molecule is CC/N=C(\SC)N(C)Cc1cc(-c2cccc(C)c2)on1. The first kappa shape index (κ1) is 15.6. The third-order valence-electron chi connectivity index (χ3n) is 3.06. The van der Waals surface area contributed by atoms with E-state index in [0.29, 0.717) is 6.54 Å². The van der Waals surface area contributed by atoms with Gasteiger partial charge in [0.25, 0.3) is 0 Å². The molecule has 0 amide bonds. The van der Waals surface area contributed by atoms with E-state index in [1.54, 1.807) is 11.8 Å². The van der Waals surface area contributed by atoms with Crippen LogP contribution in [-0.2, 0) is 6.54 Å². The third kappa shape index (κ3) is 4.11. The van der Waals surface area contributed by atoms with E-state index >= 15 is 0 Å². The molecule has 0 saturated carbocycles. The molecule has 0 aliphatic carbocycles. The van der Waals surface area contributed by atoms with Gasteiger partial charge in [-0.2, -0.15) is 0 Å². The molecule has 0 spiro atoms. The Hall–Kier alpha value is -1.75. The lowest BCUT2D eigenvalue weighted by molar-refractivity contribution is 0.405. The standard InChI is InChI=1S/C16H21N3OS/c1-5-17-16(21-4)19(3)11-14-10-15(20-18-14)13-8-6-7-12(2)9-13/h6-10H,5,11H2,1-4H3/b17-16-. The Morgan fingerprint density at radius 3 is 2.86 bits per heavy atom. The molecule has 2 aromatic rings. The van der Waals surface area contributed by atoms with E-state index in [4.69, 9.17) is 4.52 Å². The van der Waals surface area contributed by atoms with Crippen LogP contribution in [-0.4, -0.2) is 35.1 Å². The molecule has 0 unspecified atom stereocenters. The Balaban J connectivity index is 2.12. The van der Waals surface area contributed by atoms with Crippen LogP contribution in [0.1, 0.15) is 18.2 Å². The molecule has 0 radical (unpaired) electrons. The van der Waals surface area contributed by atoms with Gasteiger partial charge in [-0.05, 0) is 26.2 Å². The van der Waals surface area contributed by atoms with Crippen molar-refractivity contribution in [3.8, 4) is 11.3 Å². The van der Waals surface area contributed by atoms with E-state index in [1.807, 2.05) is 38.4 Å². The summed E-state index contributed by atoms with van der Waals surface area (Å²) in [6.45, 7) is 5.58. The van der Waals surface area contributed by atoms with Crippen LogP contribution >= 0.6 is 11.8 Å². The number of thioether (sulfide) groups is 1. The molecular weight excluding hydrogens is 282 g/mol. The van der Waals surface area contributed by atoms with E-state index in [2.05, 4.69) is 34.1 Å². The molecule has 1 aromatic carbocycles. The second-order valence-electron chi connectivity index (χ2n) is 4.87. The molecule has 0 bridgehead atoms. The Bertz CT molecular complexity index is 621. The maximum atomic E-state index is 5.46. The molecule has 4 nitrogen and oxygen atoms in total. The van der Waals surface area contributed by atoms with E-state index in [1.165, 1.54) is 5.56 Å². The minimum absolute atomic E-state index is 0.689. The highest BCUT2D eigenvalue weighted by Gasteiger charge is 2.11. The monoisotopic (exact) mass is 303 g/mol. The van der Waals surface area contributed by atoms with Gasteiger partial charge in [0.05, 0.1) is 6.54 Å². The molecule has 0 aliphatic heterocycles. The number of hydrogen-bond donors (Lipinski definition) is 0. The van der Waals surface area contributed by atoms with Crippen molar-refractivity contribution >= 4 is 16.9 Å². The summed E-state index contributed by atoms with van der Waals surface area (Å²) < 4.78 is 5.46. The van der Waals surface area contributed by atoms with Crippen molar-refractivity contribution in [3.63, 3.8) is 0 Å². The van der Waals surface area contributed by atoms with E-state index in [0.717, 1.165) is 28.7 Å². The molecule has 5 heteroatoms. The Kier molecular flexibility index (Phi) is 5.44. The van der Waals surface area contributed by atoms with Crippen molar-refractivity contribution in [3.05, 3.63) is 41.6 Å². The molecule has 0 fully saturated rings. The molecular formula is C16H21N3OS. The fourth-order valence-corrected chi connectivity index (χ4v) is 2.74. The van der Waals surface area contributed by atoms with Gasteiger partial charge in [-0.25, -0.2) is 0 Å². The molecule has 0 saturated heterocycles. The van der Waals surface area contributed by atoms with Gasteiger partial charge >= 0.3 is 0 Å². The van der Waals surface area contributed by atoms with Crippen LogP contribution in [0.25, 0.3) is 11.3 Å².